The number of rotatable bonds is 6. The highest BCUT2D eigenvalue weighted by atomic mass is 32.1. The summed E-state index contributed by atoms with van der Waals surface area (Å²) < 4.78 is 5.03. The minimum absolute atomic E-state index is 0.156. The first-order chi connectivity index (χ1) is 9.65. The van der Waals surface area contributed by atoms with Crippen LogP contribution in [0.15, 0.2) is 47.2 Å². The lowest BCUT2D eigenvalue weighted by atomic mass is 10.1. The smallest absolute Gasteiger partial charge is 0.341 e. The fraction of sp³-hybridized carbons (Fsp3) is 0.0667. The first-order valence-corrected chi connectivity index (χ1v) is 6.79. The van der Waals surface area contributed by atoms with Crippen LogP contribution in [0.3, 0.4) is 0 Å². The van der Waals surface area contributed by atoms with Crippen molar-refractivity contribution in [3.05, 3.63) is 58.3 Å². The lowest BCUT2D eigenvalue weighted by molar-refractivity contribution is -0.139. The van der Waals surface area contributed by atoms with Gasteiger partial charge in [-0.2, -0.15) is 11.3 Å². The van der Waals surface area contributed by atoms with Gasteiger partial charge in [-0.15, -0.1) is 0 Å². The Hall–Kier alpha value is -2.40. The van der Waals surface area contributed by atoms with Gasteiger partial charge in [0.25, 0.3) is 0 Å². The quantitative estimate of drug-likeness (QED) is 0.655. The van der Waals surface area contributed by atoms with Crippen molar-refractivity contribution in [2.24, 2.45) is 0 Å². The monoisotopic (exact) mass is 288 g/mol. The fourth-order valence-corrected chi connectivity index (χ4v) is 2.15. The molecule has 0 amide bonds. The summed E-state index contributed by atoms with van der Waals surface area (Å²) in [6, 6.07) is 8.38. The van der Waals surface area contributed by atoms with Crippen LogP contribution in [-0.2, 0) is 4.79 Å². The van der Waals surface area contributed by atoms with E-state index in [1.807, 2.05) is 16.8 Å². The Balaban J connectivity index is 2.06. The van der Waals surface area contributed by atoms with Crippen LogP contribution in [0, 0.1) is 0 Å². The number of ether oxygens (including phenoxy) is 1. The molecule has 2 aromatic rings. The molecule has 20 heavy (non-hydrogen) atoms. The van der Waals surface area contributed by atoms with Crippen molar-refractivity contribution >= 4 is 29.2 Å². The van der Waals surface area contributed by atoms with E-state index >= 15 is 0 Å². The minimum atomic E-state index is -1.06. The maximum absolute atomic E-state index is 12.0. The Kier molecular flexibility index (Phi) is 4.68. The van der Waals surface area contributed by atoms with Crippen molar-refractivity contribution < 1.29 is 19.4 Å². The topological polar surface area (TPSA) is 63.6 Å². The van der Waals surface area contributed by atoms with Crippen molar-refractivity contribution in [1.29, 1.82) is 0 Å². The number of allylic oxidation sites excluding steroid dienone is 1. The van der Waals surface area contributed by atoms with Crippen molar-refractivity contribution in [3.8, 4) is 5.75 Å². The largest absolute Gasteiger partial charge is 0.482 e. The second-order valence-electron chi connectivity index (χ2n) is 3.96. The lowest BCUT2D eigenvalue weighted by Gasteiger charge is -2.04. The molecule has 0 aliphatic heterocycles. The molecule has 5 heteroatoms. The molecule has 1 aromatic heterocycles. The van der Waals surface area contributed by atoms with Gasteiger partial charge in [-0.3, -0.25) is 4.79 Å². The van der Waals surface area contributed by atoms with E-state index in [9.17, 15) is 9.59 Å². The summed E-state index contributed by atoms with van der Waals surface area (Å²) >= 11 is 1.56. The van der Waals surface area contributed by atoms with Gasteiger partial charge in [0.1, 0.15) is 5.75 Å². The van der Waals surface area contributed by atoms with Crippen LogP contribution in [0.25, 0.3) is 6.08 Å². The second-order valence-corrected chi connectivity index (χ2v) is 4.74. The van der Waals surface area contributed by atoms with E-state index in [1.54, 1.807) is 35.6 Å². The van der Waals surface area contributed by atoms with Gasteiger partial charge in [0.2, 0.25) is 0 Å². The zero-order valence-electron chi connectivity index (χ0n) is 10.5. The number of hydrogen-bond acceptors (Lipinski definition) is 4. The number of carbonyl (C=O) groups excluding carboxylic acids is 1. The molecular weight excluding hydrogens is 276 g/mol. The van der Waals surface area contributed by atoms with Crippen molar-refractivity contribution in [1.82, 2.24) is 0 Å². The molecule has 0 aliphatic carbocycles. The lowest BCUT2D eigenvalue weighted by Crippen LogP contribution is -2.09. The molecule has 0 saturated carbocycles. The zero-order chi connectivity index (χ0) is 14.4. The summed E-state index contributed by atoms with van der Waals surface area (Å²) in [5.74, 6) is -0.849. The molecule has 0 saturated heterocycles. The molecule has 102 valence electrons. The van der Waals surface area contributed by atoms with Crippen LogP contribution in [0.5, 0.6) is 5.75 Å². The van der Waals surface area contributed by atoms with Gasteiger partial charge in [0, 0.05) is 5.56 Å². The Bertz CT molecular complexity index is 629. The molecule has 4 nitrogen and oxygen atoms in total. The Morgan fingerprint density at radius 2 is 2.15 bits per heavy atom. The van der Waals surface area contributed by atoms with Crippen LogP contribution in [-0.4, -0.2) is 23.5 Å². The van der Waals surface area contributed by atoms with Crippen LogP contribution < -0.4 is 4.74 Å². The number of carbonyl (C=O) groups is 2. The fourth-order valence-electron chi connectivity index (χ4n) is 1.52. The summed E-state index contributed by atoms with van der Waals surface area (Å²) in [4.78, 5) is 22.4. The Morgan fingerprint density at radius 3 is 2.85 bits per heavy atom. The van der Waals surface area contributed by atoms with Gasteiger partial charge in [0.05, 0.1) is 0 Å². The molecule has 0 unspecified atom stereocenters. The van der Waals surface area contributed by atoms with E-state index in [-0.39, 0.29) is 5.78 Å². The molecule has 2 rings (SSSR count). The maximum Gasteiger partial charge on any atom is 0.341 e. The summed E-state index contributed by atoms with van der Waals surface area (Å²) in [6.07, 6.45) is 3.22. The van der Waals surface area contributed by atoms with Gasteiger partial charge >= 0.3 is 5.97 Å². The SMILES string of the molecule is O=C(O)COc1cccc(C(=O)/C=C/c2ccsc2)c1. The second kappa shape index (κ2) is 6.68. The average Bonchev–Trinajstić information content (AvgIpc) is 2.96. The number of aliphatic carboxylic acids is 1. The number of ketones is 1. The minimum Gasteiger partial charge on any atom is -0.482 e. The van der Waals surface area contributed by atoms with E-state index in [0.717, 1.165) is 5.56 Å². The number of carboxylic acids is 1. The van der Waals surface area contributed by atoms with Gasteiger partial charge in [-0.25, -0.2) is 4.79 Å². The molecule has 0 fully saturated rings. The van der Waals surface area contributed by atoms with E-state index in [2.05, 4.69) is 0 Å². The van der Waals surface area contributed by atoms with E-state index < -0.39 is 12.6 Å². The highest BCUT2D eigenvalue weighted by Crippen LogP contribution is 2.15. The third-order valence-corrected chi connectivity index (χ3v) is 3.15. The number of hydrogen-bond donors (Lipinski definition) is 1. The molecule has 0 aliphatic rings. The highest BCUT2D eigenvalue weighted by molar-refractivity contribution is 7.08. The van der Waals surface area contributed by atoms with Crippen molar-refractivity contribution in [3.63, 3.8) is 0 Å². The summed E-state index contributed by atoms with van der Waals surface area (Å²) in [7, 11) is 0. The number of benzene rings is 1. The van der Waals surface area contributed by atoms with Crippen molar-refractivity contribution in [2.75, 3.05) is 6.61 Å². The first-order valence-electron chi connectivity index (χ1n) is 5.84. The van der Waals surface area contributed by atoms with Crippen LogP contribution >= 0.6 is 11.3 Å². The third kappa shape index (κ3) is 4.07. The van der Waals surface area contributed by atoms with Gasteiger partial charge in [-0.1, -0.05) is 18.2 Å². The summed E-state index contributed by atoms with van der Waals surface area (Å²) in [5, 5.41) is 12.4. The molecular formula is C15H12O4S. The first kappa shape index (κ1) is 14.0. The highest BCUT2D eigenvalue weighted by Gasteiger charge is 2.05. The van der Waals surface area contributed by atoms with Crippen LogP contribution in [0.1, 0.15) is 15.9 Å². The average molecular weight is 288 g/mol. The summed E-state index contributed by atoms with van der Waals surface area (Å²) in [6.45, 7) is -0.428. The van der Waals surface area contributed by atoms with Gasteiger partial charge in [-0.05, 0) is 40.6 Å². The zero-order valence-corrected chi connectivity index (χ0v) is 11.3. The molecule has 0 radical (unpaired) electrons. The Morgan fingerprint density at radius 1 is 1.30 bits per heavy atom. The third-order valence-electron chi connectivity index (χ3n) is 2.45. The molecule has 1 aromatic carbocycles. The predicted octanol–water partition coefficient (Wildman–Crippen LogP) is 3.11. The van der Waals surface area contributed by atoms with Gasteiger partial charge in [0.15, 0.2) is 12.4 Å². The molecule has 0 bridgehead atoms. The number of thiophene rings is 1. The molecule has 1 N–H and O–H groups in total. The van der Waals surface area contributed by atoms with Crippen molar-refractivity contribution in [2.45, 2.75) is 0 Å². The van der Waals surface area contributed by atoms with E-state index in [0.29, 0.717) is 11.3 Å². The molecule has 0 atom stereocenters. The predicted molar refractivity (Wildman–Crippen MR) is 77.3 cm³/mol. The molecule has 1 heterocycles. The Labute approximate surface area is 119 Å². The van der Waals surface area contributed by atoms with Crippen LogP contribution in [0.4, 0.5) is 0 Å². The van der Waals surface area contributed by atoms with Crippen LogP contribution in [0.2, 0.25) is 0 Å². The number of carboxylic acid groups (broad SMARTS) is 1. The van der Waals surface area contributed by atoms with E-state index in [1.165, 1.54) is 12.1 Å². The standard InChI is InChI=1S/C15H12O4S/c16-14(5-4-11-6-7-20-10-11)12-2-1-3-13(8-12)19-9-15(17)18/h1-8,10H,9H2,(H,17,18)/b5-4+. The molecule has 0 spiro atoms. The van der Waals surface area contributed by atoms with E-state index in [4.69, 9.17) is 9.84 Å². The normalized spacial score (nSPS) is 10.6. The van der Waals surface area contributed by atoms with Gasteiger partial charge < -0.3 is 9.84 Å². The summed E-state index contributed by atoms with van der Waals surface area (Å²) in [5.41, 5.74) is 1.43. The maximum atomic E-state index is 12.0.